The molecule has 2 rings (SSSR count). The Morgan fingerprint density at radius 3 is 2.79 bits per heavy atom. The number of benzene rings is 1. The fraction of sp³-hybridized carbons (Fsp3) is 0.533. The SMILES string of the molecule is CCN(CCC(=O)c1c(F)cccc1OC)C1CC1. The van der Waals surface area contributed by atoms with Crippen molar-refractivity contribution in [1.82, 2.24) is 4.90 Å². The van der Waals surface area contributed by atoms with Crippen LogP contribution in [0.4, 0.5) is 4.39 Å². The number of methoxy groups -OCH3 is 1. The van der Waals surface area contributed by atoms with Gasteiger partial charge in [0.25, 0.3) is 0 Å². The normalized spacial score (nSPS) is 14.7. The molecule has 1 saturated carbocycles. The van der Waals surface area contributed by atoms with E-state index in [0.717, 1.165) is 6.54 Å². The van der Waals surface area contributed by atoms with E-state index in [1.165, 1.54) is 26.0 Å². The average Bonchev–Trinajstić information content (AvgIpc) is 3.23. The van der Waals surface area contributed by atoms with E-state index in [4.69, 9.17) is 4.74 Å². The highest BCUT2D eigenvalue weighted by molar-refractivity contribution is 5.99. The lowest BCUT2D eigenvalue weighted by Gasteiger charge is -2.19. The quantitative estimate of drug-likeness (QED) is 0.710. The molecule has 1 aliphatic carbocycles. The van der Waals surface area contributed by atoms with Gasteiger partial charge in [-0.3, -0.25) is 4.79 Å². The zero-order chi connectivity index (χ0) is 13.8. The Morgan fingerprint density at radius 1 is 1.47 bits per heavy atom. The first-order chi connectivity index (χ1) is 9.17. The lowest BCUT2D eigenvalue weighted by molar-refractivity contribution is 0.0956. The summed E-state index contributed by atoms with van der Waals surface area (Å²) in [6.45, 7) is 3.72. The van der Waals surface area contributed by atoms with Crippen molar-refractivity contribution in [2.24, 2.45) is 0 Å². The van der Waals surface area contributed by atoms with Crippen molar-refractivity contribution in [1.29, 1.82) is 0 Å². The van der Waals surface area contributed by atoms with E-state index in [1.807, 2.05) is 0 Å². The van der Waals surface area contributed by atoms with Gasteiger partial charge in [-0.25, -0.2) is 4.39 Å². The Labute approximate surface area is 113 Å². The van der Waals surface area contributed by atoms with E-state index in [0.29, 0.717) is 24.8 Å². The molecule has 0 radical (unpaired) electrons. The molecule has 0 N–H and O–H groups in total. The maximum atomic E-state index is 13.8. The zero-order valence-electron chi connectivity index (χ0n) is 11.5. The summed E-state index contributed by atoms with van der Waals surface area (Å²) in [6.07, 6.45) is 2.76. The van der Waals surface area contributed by atoms with E-state index < -0.39 is 5.82 Å². The van der Waals surface area contributed by atoms with E-state index >= 15 is 0 Å². The van der Waals surface area contributed by atoms with Crippen molar-refractivity contribution in [3.63, 3.8) is 0 Å². The largest absolute Gasteiger partial charge is 0.496 e. The van der Waals surface area contributed by atoms with Gasteiger partial charge in [0.05, 0.1) is 12.7 Å². The van der Waals surface area contributed by atoms with Gasteiger partial charge in [0.15, 0.2) is 5.78 Å². The second kappa shape index (κ2) is 6.15. The van der Waals surface area contributed by atoms with Crippen LogP contribution in [-0.4, -0.2) is 36.9 Å². The molecular weight excluding hydrogens is 245 g/mol. The number of hydrogen-bond acceptors (Lipinski definition) is 3. The number of rotatable bonds is 7. The van der Waals surface area contributed by atoms with Crippen LogP contribution in [0.2, 0.25) is 0 Å². The molecule has 0 aliphatic heterocycles. The van der Waals surface area contributed by atoms with Gasteiger partial charge in [-0.15, -0.1) is 0 Å². The first-order valence-corrected chi connectivity index (χ1v) is 6.77. The maximum absolute atomic E-state index is 13.8. The van der Waals surface area contributed by atoms with Crippen molar-refractivity contribution in [3.8, 4) is 5.75 Å². The third kappa shape index (κ3) is 3.32. The van der Waals surface area contributed by atoms with Gasteiger partial charge in [0.1, 0.15) is 11.6 Å². The topological polar surface area (TPSA) is 29.5 Å². The van der Waals surface area contributed by atoms with Crippen molar-refractivity contribution in [2.75, 3.05) is 20.2 Å². The number of Topliss-reactive ketones (excluding diaryl/α,β-unsaturated/α-hetero) is 1. The molecule has 0 heterocycles. The number of carbonyl (C=O) groups is 1. The maximum Gasteiger partial charge on any atom is 0.170 e. The summed E-state index contributed by atoms with van der Waals surface area (Å²) in [5, 5.41) is 0. The molecule has 1 aromatic carbocycles. The fourth-order valence-corrected chi connectivity index (χ4v) is 2.35. The molecule has 0 amide bonds. The Balaban J connectivity index is 2.03. The zero-order valence-corrected chi connectivity index (χ0v) is 11.5. The monoisotopic (exact) mass is 265 g/mol. The first kappa shape index (κ1) is 14.0. The highest BCUT2D eigenvalue weighted by Gasteiger charge is 2.28. The van der Waals surface area contributed by atoms with Crippen LogP contribution in [0.1, 0.15) is 36.5 Å². The Bertz CT molecular complexity index is 457. The van der Waals surface area contributed by atoms with Crippen molar-refractivity contribution >= 4 is 5.78 Å². The molecular formula is C15H20FNO2. The number of halogens is 1. The Morgan fingerprint density at radius 2 is 2.21 bits per heavy atom. The van der Waals surface area contributed by atoms with Crippen LogP contribution in [0.15, 0.2) is 18.2 Å². The van der Waals surface area contributed by atoms with Gasteiger partial charge in [-0.1, -0.05) is 13.0 Å². The van der Waals surface area contributed by atoms with Crippen LogP contribution >= 0.6 is 0 Å². The predicted octanol–water partition coefficient (Wildman–Crippen LogP) is 2.89. The minimum Gasteiger partial charge on any atom is -0.496 e. The van der Waals surface area contributed by atoms with E-state index in [2.05, 4.69) is 11.8 Å². The molecule has 104 valence electrons. The highest BCUT2D eigenvalue weighted by atomic mass is 19.1. The van der Waals surface area contributed by atoms with Gasteiger partial charge >= 0.3 is 0 Å². The molecule has 0 unspecified atom stereocenters. The van der Waals surface area contributed by atoms with Crippen molar-refractivity contribution < 1.29 is 13.9 Å². The molecule has 0 bridgehead atoms. The summed E-state index contributed by atoms with van der Waals surface area (Å²) in [4.78, 5) is 14.4. The van der Waals surface area contributed by atoms with Crippen molar-refractivity contribution in [2.45, 2.75) is 32.2 Å². The van der Waals surface area contributed by atoms with Crippen LogP contribution in [0.25, 0.3) is 0 Å². The highest BCUT2D eigenvalue weighted by Crippen LogP contribution is 2.27. The number of nitrogens with zero attached hydrogens (tertiary/aromatic N) is 1. The molecule has 1 fully saturated rings. The molecule has 4 heteroatoms. The van der Waals surface area contributed by atoms with E-state index in [-0.39, 0.29) is 11.3 Å². The minimum absolute atomic E-state index is 0.0804. The first-order valence-electron chi connectivity index (χ1n) is 6.77. The molecule has 19 heavy (non-hydrogen) atoms. The summed E-state index contributed by atoms with van der Waals surface area (Å²) < 4.78 is 18.8. The Hall–Kier alpha value is -1.42. The standard InChI is InChI=1S/C15H20FNO2/c1-3-17(11-7-8-11)10-9-13(18)15-12(16)5-4-6-14(15)19-2/h4-6,11H,3,7-10H2,1-2H3. The summed E-state index contributed by atoms with van der Waals surface area (Å²) >= 11 is 0. The number of ether oxygens (including phenoxy) is 1. The molecule has 3 nitrogen and oxygen atoms in total. The van der Waals surface area contributed by atoms with Gasteiger partial charge < -0.3 is 9.64 Å². The van der Waals surface area contributed by atoms with Crippen LogP contribution < -0.4 is 4.74 Å². The molecule has 0 aromatic heterocycles. The van der Waals surface area contributed by atoms with Crippen LogP contribution in [0.3, 0.4) is 0 Å². The summed E-state index contributed by atoms with van der Waals surface area (Å²) in [7, 11) is 1.45. The van der Waals surface area contributed by atoms with Crippen LogP contribution in [-0.2, 0) is 0 Å². The summed E-state index contributed by atoms with van der Waals surface area (Å²) in [5.74, 6) is -0.368. The molecule has 1 aliphatic rings. The van der Waals surface area contributed by atoms with E-state index in [1.54, 1.807) is 12.1 Å². The van der Waals surface area contributed by atoms with Gasteiger partial charge in [-0.05, 0) is 31.5 Å². The van der Waals surface area contributed by atoms with Gasteiger partial charge in [0.2, 0.25) is 0 Å². The molecule has 0 atom stereocenters. The van der Waals surface area contributed by atoms with Crippen LogP contribution in [0, 0.1) is 5.82 Å². The van der Waals surface area contributed by atoms with E-state index in [9.17, 15) is 9.18 Å². The third-order valence-corrected chi connectivity index (χ3v) is 3.57. The van der Waals surface area contributed by atoms with Gasteiger partial charge in [-0.2, -0.15) is 0 Å². The van der Waals surface area contributed by atoms with Crippen LogP contribution in [0.5, 0.6) is 5.75 Å². The predicted molar refractivity (Wildman–Crippen MR) is 72.2 cm³/mol. The molecule has 0 saturated heterocycles. The number of ketones is 1. The lowest BCUT2D eigenvalue weighted by Crippen LogP contribution is -2.28. The summed E-state index contributed by atoms with van der Waals surface area (Å²) in [5.41, 5.74) is 0.0804. The van der Waals surface area contributed by atoms with Gasteiger partial charge in [0, 0.05) is 19.0 Å². The number of hydrogen-bond donors (Lipinski definition) is 0. The smallest absolute Gasteiger partial charge is 0.170 e. The molecule has 1 aromatic rings. The minimum atomic E-state index is -0.501. The molecule has 0 spiro atoms. The Kier molecular flexibility index (Phi) is 4.53. The fourth-order valence-electron chi connectivity index (χ4n) is 2.35. The second-order valence-corrected chi connectivity index (χ2v) is 4.85. The van der Waals surface area contributed by atoms with Crippen molar-refractivity contribution in [3.05, 3.63) is 29.6 Å². The second-order valence-electron chi connectivity index (χ2n) is 4.85. The lowest BCUT2D eigenvalue weighted by atomic mass is 10.1. The number of carbonyl (C=O) groups excluding carboxylic acids is 1. The third-order valence-electron chi connectivity index (χ3n) is 3.57. The summed E-state index contributed by atoms with van der Waals surface area (Å²) in [6, 6.07) is 5.09. The average molecular weight is 265 g/mol.